The van der Waals surface area contributed by atoms with Gasteiger partial charge in [0.2, 0.25) is 5.91 Å². The lowest BCUT2D eigenvalue weighted by Gasteiger charge is -2.12. The van der Waals surface area contributed by atoms with Gasteiger partial charge in [-0.15, -0.1) is 0 Å². The van der Waals surface area contributed by atoms with Crippen molar-refractivity contribution in [2.75, 3.05) is 27.4 Å². The number of benzene rings is 1. The van der Waals surface area contributed by atoms with E-state index in [1.807, 2.05) is 13.8 Å². The first-order valence-electron chi connectivity index (χ1n) is 7.49. The van der Waals surface area contributed by atoms with Gasteiger partial charge in [0.25, 0.3) is 0 Å². The van der Waals surface area contributed by atoms with Gasteiger partial charge in [0.05, 0.1) is 18.7 Å². The standard InChI is InChI=1S/C17H24ClNO4/c1-5-23-17-14(18)10-13(11-15(17)22-4)6-7-16(20)19-12(2)8-9-21-3/h6-7,10-12H,5,8-9H2,1-4H3,(H,19,20)/b7-6+. The highest BCUT2D eigenvalue weighted by Crippen LogP contribution is 2.36. The van der Waals surface area contributed by atoms with Crippen LogP contribution in [0, 0.1) is 0 Å². The van der Waals surface area contributed by atoms with E-state index in [1.54, 1.807) is 32.4 Å². The highest BCUT2D eigenvalue weighted by Gasteiger charge is 2.11. The number of amides is 1. The van der Waals surface area contributed by atoms with Gasteiger partial charge in [0.15, 0.2) is 11.5 Å². The summed E-state index contributed by atoms with van der Waals surface area (Å²) in [6, 6.07) is 3.55. The van der Waals surface area contributed by atoms with Crippen molar-refractivity contribution in [2.24, 2.45) is 0 Å². The number of carbonyl (C=O) groups excluding carboxylic acids is 1. The summed E-state index contributed by atoms with van der Waals surface area (Å²) >= 11 is 6.20. The van der Waals surface area contributed by atoms with Crippen molar-refractivity contribution >= 4 is 23.6 Å². The van der Waals surface area contributed by atoms with E-state index in [9.17, 15) is 4.79 Å². The van der Waals surface area contributed by atoms with Crippen LogP contribution in [-0.2, 0) is 9.53 Å². The summed E-state index contributed by atoms with van der Waals surface area (Å²) in [5, 5.41) is 3.31. The van der Waals surface area contributed by atoms with Crippen LogP contribution < -0.4 is 14.8 Å². The Balaban J connectivity index is 2.76. The molecule has 0 spiro atoms. The molecule has 0 saturated heterocycles. The third-order valence-electron chi connectivity index (χ3n) is 3.11. The summed E-state index contributed by atoms with van der Waals surface area (Å²) < 4.78 is 15.7. The second kappa shape index (κ2) is 10.1. The van der Waals surface area contributed by atoms with Crippen LogP contribution in [-0.4, -0.2) is 39.4 Å². The van der Waals surface area contributed by atoms with Crippen molar-refractivity contribution < 1.29 is 19.0 Å². The Labute approximate surface area is 142 Å². The smallest absolute Gasteiger partial charge is 0.244 e. The van der Waals surface area contributed by atoms with Crippen LogP contribution in [0.3, 0.4) is 0 Å². The van der Waals surface area contributed by atoms with Crippen LogP contribution in [0.5, 0.6) is 11.5 Å². The van der Waals surface area contributed by atoms with Crippen LogP contribution in [0.1, 0.15) is 25.8 Å². The monoisotopic (exact) mass is 341 g/mol. The van der Waals surface area contributed by atoms with Gasteiger partial charge in [-0.3, -0.25) is 4.79 Å². The molecule has 6 heteroatoms. The Morgan fingerprint density at radius 1 is 1.39 bits per heavy atom. The summed E-state index contributed by atoms with van der Waals surface area (Å²) in [5.74, 6) is 0.872. The van der Waals surface area contributed by atoms with Gasteiger partial charge < -0.3 is 19.5 Å². The fourth-order valence-electron chi connectivity index (χ4n) is 1.95. The molecule has 0 fully saturated rings. The molecule has 1 N–H and O–H groups in total. The minimum atomic E-state index is -0.169. The first kappa shape index (κ1) is 19.3. The predicted octanol–water partition coefficient (Wildman–Crippen LogP) is 3.30. The summed E-state index contributed by atoms with van der Waals surface area (Å²) in [6.45, 7) is 4.91. The topological polar surface area (TPSA) is 56.8 Å². The summed E-state index contributed by atoms with van der Waals surface area (Å²) in [6.07, 6.45) is 3.91. The van der Waals surface area contributed by atoms with Gasteiger partial charge >= 0.3 is 0 Å². The number of ether oxygens (including phenoxy) is 3. The van der Waals surface area contributed by atoms with Gasteiger partial charge in [-0.05, 0) is 44.0 Å². The highest BCUT2D eigenvalue weighted by molar-refractivity contribution is 6.32. The Hall–Kier alpha value is -1.72. The SMILES string of the molecule is CCOc1c(Cl)cc(/C=C/C(=O)NC(C)CCOC)cc1OC. The molecular weight excluding hydrogens is 318 g/mol. The lowest BCUT2D eigenvalue weighted by atomic mass is 10.1. The summed E-state index contributed by atoms with van der Waals surface area (Å²) in [4.78, 5) is 11.9. The first-order chi connectivity index (χ1) is 11.0. The molecule has 0 heterocycles. The summed E-state index contributed by atoms with van der Waals surface area (Å²) in [5.41, 5.74) is 0.759. The summed E-state index contributed by atoms with van der Waals surface area (Å²) in [7, 11) is 3.18. The lowest BCUT2D eigenvalue weighted by molar-refractivity contribution is -0.117. The van der Waals surface area contributed by atoms with Crippen LogP contribution in [0.15, 0.2) is 18.2 Å². The minimum absolute atomic E-state index is 0.0468. The average molecular weight is 342 g/mol. The molecule has 0 radical (unpaired) electrons. The number of hydrogen-bond acceptors (Lipinski definition) is 4. The Kier molecular flexibility index (Phi) is 8.51. The maximum Gasteiger partial charge on any atom is 0.244 e. The van der Waals surface area contributed by atoms with E-state index < -0.39 is 0 Å². The molecule has 0 bridgehead atoms. The van der Waals surface area contributed by atoms with Crippen LogP contribution in [0.25, 0.3) is 6.08 Å². The quantitative estimate of drug-likeness (QED) is 0.700. The van der Waals surface area contributed by atoms with E-state index in [-0.39, 0.29) is 11.9 Å². The lowest BCUT2D eigenvalue weighted by Crippen LogP contribution is -2.31. The Morgan fingerprint density at radius 3 is 2.74 bits per heavy atom. The van der Waals surface area contributed by atoms with E-state index in [2.05, 4.69) is 5.32 Å². The third-order valence-corrected chi connectivity index (χ3v) is 3.39. The predicted molar refractivity (Wildman–Crippen MR) is 92.3 cm³/mol. The van der Waals surface area contributed by atoms with Gasteiger partial charge in [0.1, 0.15) is 0 Å². The largest absolute Gasteiger partial charge is 0.493 e. The molecule has 128 valence electrons. The molecule has 1 atom stereocenters. The number of halogens is 1. The molecule has 1 rings (SSSR count). The van der Waals surface area contributed by atoms with Gasteiger partial charge in [-0.1, -0.05) is 11.6 Å². The van der Waals surface area contributed by atoms with Crippen molar-refractivity contribution in [1.82, 2.24) is 5.32 Å². The molecule has 5 nitrogen and oxygen atoms in total. The van der Waals surface area contributed by atoms with Gasteiger partial charge in [-0.25, -0.2) is 0 Å². The molecule has 0 aromatic heterocycles. The normalized spacial score (nSPS) is 12.2. The van der Waals surface area contributed by atoms with E-state index in [0.717, 1.165) is 12.0 Å². The zero-order valence-electron chi connectivity index (χ0n) is 14.0. The second-order valence-electron chi connectivity index (χ2n) is 4.99. The maximum absolute atomic E-state index is 11.9. The molecule has 0 aliphatic rings. The maximum atomic E-state index is 11.9. The van der Waals surface area contributed by atoms with Gasteiger partial charge in [0, 0.05) is 25.8 Å². The fourth-order valence-corrected chi connectivity index (χ4v) is 2.22. The molecule has 1 aromatic rings. The Bertz CT molecular complexity index is 546. The number of hydrogen-bond donors (Lipinski definition) is 1. The molecular formula is C17H24ClNO4. The molecule has 1 amide bonds. The molecule has 1 aromatic carbocycles. The molecule has 0 saturated carbocycles. The van der Waals surface area contributed by atoms with Crippen molar-refractivity contribution in [1.29, 1.82) is 0 Å². The van der Waals surface area contributed by atoms with Crippen molar-refractivity contribution in [3.05, 3.63) is 28.8 Å². The van der Waals surface area contributed by atoms with Crippen molar-refractivity contribution in [2.45, 2.75) is 26.3 Å². The molecule has 0 aliphatic heterocycles. The van der Waals surface area contributed by atoms with E-state index in [1.165, 1.54) is 6.08 Å². The van der Waals surface area contributed by atoms with Crippen LogP contribution in [0.2, 0.25) is 5.02 Å². The van der Waals surface area contributed by atoms with E-state index >= 15 is 0 Å². The third kappa shape index (κ3) is 6.50. The first-order valence-corrected chi connectivity index (χ1v) is 7.87. The highest BCUT2D eigenvalue weighted by atomic mass is 35.5. The molecule has 23 heavy (non-hydrogen) atoms. The number of nitrogens with one attached hydrogen (secondary N) is 1. The zero-order chi connectivity index (χ0) is 17.2. The Morgan fingerprint density at radius 2 is 2.13 bits per heavy atom. The van der Waals surface area contributed by atoms with Crippen LogP contribution in [0.4, 0.5) is 0 Å². The minimum Gasteiger partial charge on any atom is -0.493 e. The van der Waals surface area contributed by atoms with Gasteiger partial charge in [-0.2, -0.15) is 0 Å². The average Bonchev–Trinajstić information content (AvgIpc) is 2.53. The van der Waals surface area contributed by atoms with Crippen molar-refractivity contribution in [3.8, 4) is 11.5 Å². The van der Waals surface area contributed by atoms with Crippen molar-refractivity contribution in [3.63, 3.8) is 0 Å². The molecule has 1 unspecified atom stereocenters. The fraction of sp³-hybridized carbons (Fsp3) is 0.471. The number of rotatable bonds is 9. The van der Waals surface area contributed by atoms with Crippen LogP contribution >= 0.6 is 11.6 Å². The van der Waals surface area contributed by atoms with E-state index in [0.29, 0.717) is 29.7 Å². The number of methoxy groups -OCH3 is 2. The number of carbonyl (C=O) groups is 1. The van der Waals surface area contributed by atoms with E-state index in [4.69, 9.17) is 25.8 Å². The molecule has 0 aliphatic carbocycles. The second-order valence-corrected chi connectivity index (χ2v) is 5.40. The zero-order valence-corrected chi connectivity index (χ0v) is 14.8.